The van der Waals surface area contributed by atoms with Gasteiger partial charge in [0.05, 0.1) is 0 Å². The Morgan fingerprint density at radius 2 is 1.88 bits per heavy atom. The third-order valence-corrected chi connectivity index (χ3v) is 5.16. The molecule has 0 radical (unpaired) electrons. The number of rotatable bonds is 2. The molecule has 0 aliphatic heterocycles. The van der Waals surface area contributed by atoms with E-state index in [4.69, 9.17) is 5.73 Å². The van der Waals surface area contributed by atoms with Crippen LogP contribution in [0.4, 0.5) is 0 Å². The molecule has 92 valence electrons. The van der Waals surface area contributed by atoms with E-state index in [9.17, 15) is 0 Å². The zero-order valence-electron chi connectivity index (χ0n) is 10.3. The SMILES string of the molecule is NCC1(c2cc(Br)cc3c2CCC3)CCCC1. The molecule has 2 N–H and O–H groups in total. The van der Waals surface area contributed by atoms with Crippen LogP contribution < -0.4 is 5.73 Å². The van der Waals surface area contributed by atoms with Crippen molar-refractivity contribution in [2.24, 2.45) is 5.73 Å². The lowest BCUT2D eigenvalue weighted by atomic mass is 9.76. The van der Waals surface area contributed by atoms with Crippen LogP contribution >= 0.6 is 15.9 Å². The van der Waals surface area contributed by atoms with Crippen LogP contribution in [-0.4, -0.2) is 6.54 Å². The zero-order chi connectivity index (χ0) is 11.9. The topological polar surface area (TPSA) is 26.0 Å². The van der Waals surface area contributed by atoms with Gasteiger partial charge in [-0.15, -0.1) is 0 Å². The monoisotopic (exact) mass is 293 g/mol. The minimum atomic E-state index is 0.290. The van der Waals surface area contributed by atoms with Crippen LogP contribution in [0.3, 0.4) is 0 Å². The van der Waals surface area contributed by atoms with Crippen molar-refractivity contribution in [3.8, 4) is 0 Å². The van der Waals surface area contributed by atoms with Crippen molar-refractivity contribution in [2.75, 3.05) is 6.54 Å². The maximum atomic E-state index is 6.13. The van der Waals surface area contributed by atoms with Gasteiger partial charge in [0.15, 0.2) is 0 Å². The van der Waals surface area contributed by atoms with E-state index in [1.54, 1.807) is 16.7 Å². The molecule has 17 heavy (non-hydrogen) atoms. The standard InChI is InChI=1S/C15H20BrN/c16-12-8-11-4-3-5-13(11)14(9-12)15(10-17)6-1-2-7-15/h8-9H,1-7,10,17H2. The highest BCUT2D eigenvalue weighted by Crippen LogP contribution is 2.44. The highest BCUT2D eigenvalue weighted by molar-refractivity contribution is 9.10. The van der Waals surface area contributed by atoms with Crippen LogP contribution in [0.15, 0.2) is 16.6 Å². The van der Waals surface area contributed by atoms with Gasteiger partial charge in [-0.2, -0.15) is 0 Å². The molecule has 0 aromatic heterocycles. The molecular weight excluding hydrogens is 274 g/mol. The molecule has 1 saturated carbocycles. The molecule has 1 fully saturated rings. The summed E-state index contributed by atoms with van der Waals surface area (Å²) in [5.41, 5.74) is 11.2. The molecule has 1 nitrogen and oxygen atoms in total. The van der Waals surface area contributed by atoms with Gasteiger partial charge in [0.1, 0.15) is 0 Å². The molecule has 1 aromatic carbocycles. The summed E-state index contributed by atoms with van der Waals surface area (Å²) in [5.74, 6) is 0. The first-order chi connectivity index (χ1) is 8.25. The molecule has 2 aliphatic rings. The van der Waals surface area contributed by atoms with Crippen LogP contribution in [0.1, 0.15) is 48.8 Å². The second-order valence-electron chi connectivity index (χ2n) is 5.64. The van der Waals surface area contributed by atoms with Gasteiger partial charge in [0.2, 0.25) is 0 Å². The van der Waals surface area contributed by atoms with E-state index in [0.29, 0.717) is 0 Å². The van der Waals surface area contributed by atoms with E-state index in [1.807, 2.05) is 0 Å². The molecule has 0 saturated heterocycles. The molecule has 3 rings (SSSR count). The fourth-order valence-electron chi connectivity index (χ4n) is 3.78. The number of hydrogen-bond donors (Lipinski definition) is 1. The van der Waals surface area contributed by atoms with Crippen LogP contribution in [0.2, 0.25) is 0 Å². The fourth-order valence-corrected chi connectivity index (χ4v) is 4.28. The van der Waals surface area contributed by atoms with Gasteiger partial charge in [-0.25, -0.2) is 0 Å². The van der Waals surface area contributed by atoms with Crippen LogP contribution in [0.5, 0.6) is 0 Å². The Morgan fingerprint density at radius 3 is 2.59 bits per heavy atom. The Balaban J connectivity index is 2.13. The van der Waals surface area contributed by atoms with Crippen LogP contribution in [-0.2, 0) is 18.3 Å². The maximum absolute atomic E-state index is 6.13. The number of aryl methyl sites for hydroxylation is 1. The molecule has 2 aliphatic carbocycles. The lowest BCUT2D eigenvalue weighted by molar-refractivity contribution is 0.449. The van der Waals surface area contributed by atoms with Gasteiger partial charge in [-0.05, 0) is 60.9 Å². The van der Waals surface area contributed by atoms with E-state index in [-0.39, 0.29) is 5.41 Å². The Labute approximate surface area is 112 Å². The van der Waals surface area contributed by atoms with E-state index < -0.39 is 0 Å². The third-order valence-electron chi connectivity index (χ3n) is 4.70. The van der Waals surface area contributed by atoms with Gasteiger partial charge in [-0.3, -0.25) is 0 Å². The predicted molar refractivity (Wildman–Crippen MR) is 75.4 cm³/mol. The third kappa shape index (κ3) is 1.86. The Hall–Kier alpha value is -0.340. The van der Waals surface area contributed by atoms with Gasteiger partial charge >= 0.3 is 0 Å². The summed E-state index contributed by atoms with van der Waals surface area (Å²) < 4.78 is 1.24. The van der Waals surface area contributed by atoms with Gasteiger partial charge in [-0.1, -0.05) is 28.8 Å². The second-order valence-corrected chi connectivity index (χ2v) is 6.55. The molecule has 2 heteroatoms. The quantitative estimate of drug-likeness (QED) is 0.884. The molecule has 0 atom stereocenters. The van der Waals surface area contributed by atoms with Gasteiger partial charge in [0, 0.05) is 16.4 Å². The summed E-state index contributed by atoms with van der Waals surface area (Å²) in [6.07, 6.45) is 9.09. The number of hydrogen-bond acceptors (Lipinski definition) is 1. The van der Waals surface area contributed by atoms with Crippen molar-refractivity contribution < 1.29 is 0 Å². The van der Waals surface area contributed by atoms with Crippen molar-refractivity contribution in [3.63, 3.8) is 0 Å². The van der Waals surface area contributed by atoms with Crippen molar-refractivity contribution in [1.29, 1.82) is 0 Å². The van der Waals surface area contributed by atoms with Crippen molar-refractivity contribution >= 4 is 15.9 Å². The largest absolute Gasteiger partial charge is 0.330 e. The second kappa shape index (κ2) is 4.40. The molecule has 0 amide bonds. The smallest absolute Gasteiger partial charge is 0.0181 e. The Bertz CT molecular complexity index is 433. The normalized spacial score (nSPS) is 21.8. The lowest BCUT2D eigenvalue weighted by Gasteiger charge is -2.30. The molecule has 0 heterocycles. The lowest BCUT2D eigenvalue weighted by Crippen LogP contribution is -2.33. The minimum absolute atomic E-state index is 0.290. The van der Waals surface area contributed by atoms with E-state index >= 15 is 0 Å². The highest BCUT2D eigenvalue weighted by atomic mass is 79.9. The number of fused-ring (bicyclic) bond motifs is 1. The fraction of sp³-hybridized carbons (Fsp3) is 0.600. The van der Waals surface area contributed by atoms with Crippen LogP contribution in [0, 0.1) is 0 Å². The van der Waals surface area contributed by atoms with Crippen molar-refractivity contribution in [1.82, 2.24) is 0 Å². The summed E-state index contributed by atoms with van der Waals surface area (Å²) in [7, 11) is 0. The first kappa shape index (κ1) is 11.7. The molecule has 0 spiro atoms. The zero-order valence-corrected chi connectivity index (χ0v) is 11.9. The van der Waals surface area contributed by atoms with Crippen molar-refractivity contribution in [2.45, 2.75) is 50.4 Å². The summed E-state index contributed by atoms with van der Waals surface area (Å²) in [6.45, 7) is 0.815. The van der Waals surface area contributed by atoms with Gasteiger partial charge < -0.3 is 5.73 Å². The molecule has 0 bridgehead atoms. The number of halogens is 1. The number of nitrogens with two attached hydrogens (primary N) is 1. The highest BCUT2D eigenvalue weighted by Gasteiger charge is 2.37. The van der Waals surface area contributed by atoms with E-state index in [0.717, 1.165) is 6.54 Å². The van der Waals surface area contributed by atoms with E-state index in [1.165, 1.54) is 49.4 Å². The molecular formula is C15H20BrN. The predicted octanol–water partition coefficient (Wildman–Crippen LogP) is 3.71. The Morgan fingerprint density at radius 1 is 1.12 bits per heavy atom. The van der Waals surface area contributed by atoms with Crippen LogP contribution in [0.25, 0.3) is 0 Å². The first-order valence-corrected chi connectivity index (χ1v) is 7.56. The molecule has 0 unspecified atom stereocenters. The maximum Gasteiger partial charge on any atom is 0.0181 e. The number of benzene rings is 1. The van der Waals surface area contributed by atoms with E-state index in [2.05, 4.69) is 28.1 Å². The Kier molecular flexibility index (Phi) is 3.04. The average Bonchev–Trinajstić information content (AvgIpc) is 2.96. The summed E-state index contributed by atoms with van der Waals surface area (Å²) in [4.78, 5) is 0. The summed E-state index contributed by atoms with van der Waals surface area (Å²) in [5, 5.41) is 0. The minimum Gasteiger partial charge on any atom is -0.330 e. The summed E-state index contributed by atoms with van der Waals surface area (Å²) >= 11 is 3.68. The first-order valence-electron chi connectivity index (χ1n) is 6.77. The van der Waals surface area contributed by atoms with Gasteiger partial charge in [0.25, 0.3) is 0 Å². The van der Waals surface area contributed by atoms with Crippen molar-refractivity contribution in [3.05, 3.63) is 33.3 Å². The molecule has 1 aromatic rings. The summed E-state index contributed by atoms with van der Waals surface area (Å²) in [6, 6.07) is 4.66. The average molecular weight is 294 g/mol.